The van der Waals surface area contributed by atoms with Gasteiger partial charge in [-0.05, 0) is 43.5 Å². The molecule has 0 spiro atoms. The molecular weight excluding hydrogens is 264 g/mol. The van der Waals surface area contributed by atoms with Crippen LogP contribution in [0.3, 0.4) is 0 Å². The van der Waals surface area contributed by atoms with Gasteiger partial charge >= 0.3 is 0 Å². The highest BCUT2D eigenvalue weighted by atomic mass is 35.5. The molecule has 104 valence electrons. The molecule has 2 atom stereocenters. The lowest BCUT2D eigenvalue weighted by Gasteiger charge is -2.30. The Morgan fingerprint density at radius 2 is 2.37 bits per heavy atom. The van der Waals surface area contributed by atoms with E-state index in [-0.39, 0.29) is 11.7 Å². The van der Waals surface area contributed by atoms with Crippen LogP contribution in [0, 0.1) is 5.92 Å². The third kappa shape index (κ3) is 3.61. The summed E-state index contributed by atoms with van der Waals surface area (Å²) < 4.78 is 0. The maximum atomic E-state index is 12.0. The van der Waals surface area contributed by atoms with E-state index in [9.17, 15) is 9.90 Å². The number of hydrogen-bond acceptors (Lipinski definition) is 3. The molecule has 1 aliphatic rings. The zero-order valence-electron chi connectivity index (χ0n) is 10.9. The number of amides is 1. The number of hydrogen-bond donors (Lipinski definition) is 3. The lowest BCUT2D eigenvalue weighted by molar-refractivity contribution is 0.0943. The molecule has 1 amide bonds. The number of piperidine rings is 1. The second-order valence-corrected chi connectivity index (χ2v) is 5.46. The molecule has 1 aromatic rings. The van der Waals surface area contributed by atoms with Crippen molar-refractivity contribution in [3.8, 4) is 5.75 Å². The normalized spacial score (nSPS) is 23.1. The van der Waals surface area contributed by atoms with Crippen molar-refractivity contribution in [2.24, 2.45) is 5.92 Å². The number of aromatic hydroxyl groups is 1. The molecule has 2 unspecified atom stereocenters. The molecule has 4 nitrogen and oxygen atoms in total. The standard InChI is InChI=1S/C14H19ClN2O2/c1-9-3-2-6-16-13(9)8-17-14(19)11-7-10(18)4-5-12(11)15/h4-5,7,9,13,16,18H,2-3,6,8H2,1H3,(H,17,19). The van der Waals surface area contributed by atoms with Crippen molar-refractivity contribution in [1.82, 2.24) is 10.6 Å². The zero-order valence-corrected chi connectivity index (χ0v) is 11.7. The Labute approximate surface area is 118 Å². The monoisotopic (exact) mass is 282 g/mol. The van der Waals surface area contributed by atoms with Gasteiger partial charge < -0.3 is 15.7 Å². The number of phenolic OH excluding ortho intramolecular Hbond substituents is 1. The van der Waals surface area contributed by atoms with Crippen molar-refractivity contribution in [3.63, 3.8) is 0 Å². The maximum absolute atomic E-state index is 12.0. The predicted molar refractivity (Wildman–Crippen MR) is 75.6 cm³/mol. The number of halogens is 1. The van der Waals surface area contributed by atoms with Crippen molar-refractivity contribution in [2.75, 3.05) is 13.1 Å². The number of carbonyl (C=O) groups is 1. The van der Waals surface area contributed by atoms with Gasteiger partial charge in [0.05, 0.1) is 10.6 Å². The number of rotatable bonds is 3. The van der Waals surface area contributed by atoms with Crippen LogP contribution in [0.5, 0.6) is 5.75 Å². The average molecular weight is 283 g/mol. The first-order chi connectivity index (χ1) is 9.08. The van der Waals surface area contributed by atoms with Gasteiger partial charge in [-0.2, -0.15) is 0 Å². The van der Waals surface area contributed by atoms with Gasteiger partial charge in [-0.15, -0.1) is 0 Å². The van der Waals surface area contributed by atoms with Crippen LogP contribution in [0.2, 0.25) is 5.02 Å². The summed E-state index contributed by atoms with van der Waals surface area (Å²) in [5.74, 6) is 0.341. The molecule has 5 heteroatoms. The van der Waals surface area contributed by atoms with Gasteiger partial charge in [-0.25, -0.2) is 0 Å². The summed E-state index contributed by atoms with van der Waals surface area (Å²) >= 11 is 5.95. The summed E-state index contributed by atoms with van der Waals surface area (Å²) in [5.41, 5.74) is 0.310. The summed E-state index contributed by atoms with van der Waals surface area (Å²) in [6.07, 6.45) is 2.37. The minimum absolute atomic E-state index is 0.0405. The lowest BCUT2D eigenvalue weighted by Crippen LogP contribution is -2.47. The fraction of sp³-hybridized carbons (Fsp3) is 0.500. The first-order valence-corrected chi connectivity index (χ1v) is 6.96. The number of benzene rings is 1. The Morgan fingerprint density at radius 1 is 1.58 bits per heavy atom. The third-order valence-corrected chi connectivity index (χ3v) is 3.94. The number of carbonyl (C=O) groups excluding carboxylic acids is 1. The predicted octanol–water partition coefficient (Wildman–Crippen LogP) is 2.16. The molecule has 0 aliphatic carbocycles. The van der Waals surface area contributed by atoms with Crippen molar-refractivity contribution in [3.05, 3.63) is 28.8 Å². The molecule has 1 aliphatic heterocycles. The highest BCUT2D eigenvalue weighted by Gasteiger charge is 2.21. The molecule has 0 bridgehead atoms. The molecule has 3 N–H and O–H groups in total. The van der Waals surface area contributed by atoms with Gasteiger partial charge in [-0.1, -0.05) is 18.5 Å². The largest absolute Gasteiger partial charge is 0.508 e. The Morgan fingerprint density at radius 3 is 3.11 bits per heavy atom. The Bertz CT molecular complexity index is 465. The summed E-state index contributed by atoms with van der Waals surface area (Å²) in [5, 5.41) is 16.0. The van der Waals surface area contributed by atoms with Gasteiger partial charge in [-0.3, -0.25) is 4.79 Å². The summed E-state index contributed by atoms with van der Waals surface area (Å²) in [7, 11) is 0. The first-order valence-electron chi connectivity index (χ1n) is 6.58. The third-order valence-electron chi connectivity index (χ3n) is 3.61. The topological polar surface area (TPSA) is 61.4 Å². The molecule has 1 heterocycles. The van der Waals surface area contributed by atoms with Crippen LogP contribution in [0.4, 0.5) is 0 Å². The summed E-state index contributed by atoms with van der Waals surface area (Å²) in [6.45, 7) is 3.76. The fourth-order valence-corrected chi connectivity index (χ4v) is 2.58. The molecule has 1 saturated heterocycles. The molecule has 1 fully saturated rings. The van der Waals surface area contributed by atoms with Crippen molar-refractivity contribution < 1.29 is 9.90 Å². The zero-order chi connectivity index (χ0) is 13.8. The number of phenols is 1. The van der Waals surface area contributed by atoms with Gasteiger partial charge in [0.1, 0.15) is 5.75 Å². The molecule has 0 saturated carbocycles. The second kappa shape index (κ2) is 6.26. The quantitative estimate of drug-likeness (QED) is 0.796. The van der Waals surface area contributed by atoms with Crippen LogP contribution < -0.4 is 10.6 Å². The van der Waals surface area contributed by atoms with Crippen LogP contribution in [-0.2, 0) is 0 Å². The highest BCUT2D eigenvalue weighted by molar-refractivity contribution is 6.33. The lowest BCUT2D eigenvalue weighted by atomic mass is 9.93. The molecule has 1 aromatic carbocycles. The minimum Gasteiger partial charge on any atom is -0.508 e. The SMILES string of the molecule is CC1CCCNC1CNC(=O)c1cc(O)ccc1Cl. The van der Waals surface area contributed by atoms with Crippen LogP contribution in [-0.4, -0.2) is 30.1 Å². The van der Waals surface area contributed by atoms with Crippen LogP contribution >= 0.6 is 11.6 Å². The van der Waals surface area contributed by atoms with E-state index in [4.69, 9.17) is 11.6 Å². The molecule has 0 radical (unpaired) electrons. The minimum atomic E-state index is -0.250. The van der Waals surface area contributed by atoms with E-state index in [1.54, 1.807) is 0 Å². The van der Waals surface area contributed by atoms with E-state index >= 15 is 0 Å². The van der Waals surface area contributed by atoms with Gasteiger partial charge in [0.15, 0.2) is 0 Å². The Kier molecular flexibility index (Phi) is 4.66. The highest BCUT2D eigenvalue weighted by Crippen LogP contribution is 2.21. The first kappa shape index (κ1) is 14.2. The van der Waals surface area contributed by atoms with Gasteiger partial charge in [0.25, 0.3) is 5.91 Å². The average Bonchev–Trinajstić information content (AvgIpc) is 2.40. The van der Waals surface area contributed by atoms with E-state index in [1.807, 2.05) is 0 Å². The molecule has 19 heavy (non-hydrogen) atoms. The summed E-state index contributed by atoms with van der Waals surface area (Å²) in [6, 6.07) is 4.67. The van der Waals surface area contributed by atoms with E-state index < -0.39 is 0 Å². The van der Waals surface area contributed by atoms with Crippen LogP contribution in [0.15, 0.2) is 18.2 Å². The van der Waals surface area contributed by atoms with Gasteiger partial charge in [0.2, 0.25) is 0 Å². The molecular formula is C14H19ClN2O2. The van der Waals surface area contributed by atoms with Crippen molar-refractivity contribution in [2.45, 2.75) is 25.8 Å². The van der Waals surface area contributed by atoms with E-state index in [2.05, 4.69) is 17.6 Å². The Balaban J connectivity index is 1.95. The van der Waals surface area contributed by atoms with E-state index in [0.29, 0.717) is 29.1 Å². The Hall–Kier alpha value is -1.26. The van der Waals surface area contributed by atoms with Crippen molar-refractivity contribution in [1.29, 1.82) is 0 Å². The van der Waals surface area contributed by atoms with E-state index in [0.717, 1.165) is 6.54 Å². The fourth-order valence-electron chi connectivity index (χ4n) is 2.37. The van der Waals surface area contributed by atoms with Crippen molar-refractivity contribution >= 4 is 17.5 Å². The molecule has 0 aromatic heterocycles. The second-order valence-electron chi connectivity index (χ2n) is 5.05. The van der Waals surface area contributed by atoms with Crippen LogP contribution in [0.25, 0.3) is 0 Å². The van der Waals surface area contributed by atoms with Gasteiger partial charge in [0, 0.05) is 12.6 Å². The molecule has 2 rings (SSSR count). The number of nitrogens with one attached hydrogen (secondary N) is 2. The summed E-state index contributed by atoms with van der Waals surface area (Å²) in [4.78, 5) is 12.0. The maximum Gasteiger partial charge on any atom is 0.252 e. The van der Waals surface area contributed by atoms with Crippen LogP contribution in [0.1, 0.15) is 30.1 Å². The van der Waals surface area contributed by atoms with E-state index in [1.165, 1.54) is 31.0 Å². The smallest absolute Gasteiger partial charge is 0.252 e.